The van der Waals surface area contributed by atoms with Gasteiger partial charge in [0.25, 0.3) is 0 Å². The van der Waals surface area contributed by atoms with Crippen molar-refractivity contribution in [2.24, 2.45) is 5.73 Å². The Labute approximate surface area is 84.1 Å². The number of hydrogen-bond donors (Lipinski definition) is 1. The highest BCUT2D eigenvalue weighted by Crippen LogP contribution is 2.37. The lowest BCUT2D eigenvalue weighted by Crippen LogP contribution is -2.34. The quantitative estimate of drug-likeness (QED) is 0.732. The smallest absolute Gasteiger partial charge is 0.0725 e. The van der Waals surface area contributed by atoms with Crippen molar-refractivity contribution in [3.8, 4) is 0 Å². The topological polar surface area (TPSA) is 35.2 Å². The van der Waals surface area contributed by atoms with Crippen LogP contribution in [-0.4, -0.2) is 6.04 Å². The van der Waals surface area contributed by atoms with Gasteiger partial charge in [0, 0.05) is 6.04 Å². The van der Waals surface area contributed by atoms with Gasteiger partial charge in [-0.25, -0.2) is 0 Å². The van der Waals surface area contributed by atoms with E-state index < -0.39 is 0 Å². The lowest BCUT2D eigenvalue weighted by atomic mass is 9.76. The molecule has 0 unspecified atom stereocenters. The number of rotatable bonds is 1. The molecule has 0 spiro atoms. The minimum absolute atomic E-state index is 0.435. The van der Waals surface area contributed by atoms with Gasteiger partial charge in [0.1, 0.15) is 0 Å². The maximum atomic E-state index is 5.79. The van der Waals surface area contributed by atoms with Crippen LogP contribution in [0.4, 0.5) is 0 Å². The van der Waals surface area contributed by atoms with E-state index in [9.17, 15) is 0 Å². The summed E-state index contributed by atoms with van der Waals surface area (Å²) in [6.45, 7) is 1.59. The summed E-state index contributed by atoms with van der Waals surface area (Å²) >= 11 is 0. The van der Waals surface area contributed by atoms with E-state index in [4.69, 9.17) is 10.5 Å². The normalized spacial score (nSPS) is 29.8. The third-order valence-electron chi connectivity index (χ3n) is 3.39. The van der Waals surface area contributed by atoms with Crippen LogP contribution in [0.1, 0.15) is 35.4 Å². The van der Waals surface area contributed by atoms with Crippen LogP contribution in [0.15, 0.2) is 18.2 Å². The molecular weight excluding hydrogens is 174 g/mol. The van der Waals surface area contributed by atoms with Crippen LogP contribution in [-0.2, 0) is 18.0 Å². The van der Waals surface area contributed by atoms with Gasteiger partial charge >= 0.3 is 0 Å². The monoisotopic (exact) mass is 189 g/mol. The van der Waals surface area contributed by atoms with Crippen molar-refractivity contribution in [2.75, 3.05) is 0 Å². The van der Waals surface area contributed by atoms with Gasteiger partial charge in [-0.15, -0.1) is 0 Å². The van der Waals surface area contributed by atoms with Gasteiger partial charge in [-0.05, 0) is 35.4 Å². The Bertz CT molecular complexity index is 355. The van der Waals surface area contributed by atoms with E-state index in [0.717, 1.165) is 26.1 Å². The Morgan fingerprint density at radius 1 is 1.14 bits per heavy atom. The van der Waals surface area contributed by atoms with Crippen molar-refractivity contribution in [1.82, 2.24) is 0 Å². The first-order valence-electron chi connectivity index (χ1n) is 5.28. The molecule has 2 N–H and O–H groups in total. The molecule has 2 heteroatoms. The van der Waals surface area contributed by atoms with Crippen molar-refractivity contribution >= 4 is 0 Å². The Morgan fingerprint density at radius 2 is 1.93 bits per heavy atom. The Morgan fingerprint density at radius 3 is 2.71 bits per heavy atom. The molecule has 0 bridgehead atoms. The van der Waals surface area contributed by atoms with Gasteiger partial charge in [0.15, 0.2) is 0 Å². The van der Waals surface area contributed by atoms with Crippen molar-refractivity contribution in [1.29, 1.82) is 0 Å². The van der Waals surface area contributed by atoms with Crippen LogP contribution in [0.5, 0.6) is 0 Å². The predicted octanol–water partition coefficient (Wildman–Crippen LogP) is 1.92. The molecule has 0 aromatic heterocycles. The van der Waals surface area contributed by atoms with Gasteiger partial charge in [-0.2, -0.15) is 0 Å². The van der Waals surface area contributed by atoms with E-state index in [1.165, 1.54) is 16.7 Å². The molecular formula is C12H15NO. The van der Waals surface area contributed by atoms with E-state index in [0.29, 0.717) is 12.0 Å². The van der Waals surface area contributed by atoms with Crippen LogP contribution < -0.4 is 5.73 Å². The number of ether oxygens (including phenoxy) is 1. The highest BCUT2D eigenvalue weighted by atomic mass is 16.5. The van der Waals surface area contributed by atoms with Crippen LogP contribution in [0.2, 0.25) is 0 Å². The van der Waals surface area contributed by atoms with Crippen molar-refractivity contribution in [3.05, 3.63) is 34.9 Å². The Hall–Kier alpha value is -0.860. The number of nitrogens with two attached hydrogens (primary N) is 1. The molecule has 2 aliphatic rings. The molecule has 14 heavy (non-hydrogen) atoms. The minimum Gasteiger partial charge on any atom is -0.372 e. The lowest BCUT2D eigenvalue weighted by molar-refractivity contribution is 0.134. The summed E-state index contributed by atoms with van der Waals surface area (Å²) in [6.07, 6.45) is 2.30. The van der Waals surface area contributed by atoms with Crippen LogP contribution in [0, 0.1) is 0 Å². The Kier molecular flexibility index (Phi) is 1.85. The standard InChI is InChI=1S/C12H15NO/c13-12-4-10(5-12)8-1-2-9-6-14-7-11(9)3-8/h1-3,10,12H,4-7,13H2. The van der Waals surface area contributed by atoms with Crippen LogP contribution in [0.3, 0.4) is 0 Å². The van der Waals surface area contributed by atoms with Crippen molar-refractivity contribution < 1.29 is 4.74 Å². The summed E-state index contributed by atoms with van der Waals surface area (Å²) in [7, 11) is 0. The molecule has 1 aliphatic carbocycles. The third kappa shape index (κ3) is 1.26. The molecule has 0 saturated heterocycles. The molecule has 0 atom stereocenters. The van der Waals surface area contributed by atoms with Crippen LogP contribution in [0.25, 0.3) is 0 Å². The molecule has 1 aromatic rings. The van der Waals surface area contributed by atoms with Crippen molar-refractivity contribution in [2.45, 2.75) is 38.0 Å². The molecule has 1 aliphatic heterocycles. The molecule has 74 valence electrons. The molecule has 0 radical (unpaired) electrons. The SMILES string of the molecule is NC1CC(c2ccc3c(c2)COC3)C1. The van der Waals surface area contributed by atoms with E-state index in [2.05, 4.69) is 18.2 Å². The maximum absolute atomic E-state index is 5.79. The summed E-state index contributed by atoms with van der Waals surface area (Å²) in [5.41, 5.74) is 9.99. The van der Waals surface area contributed by atoms with Gasteiger partial charge in [0.2, 0.25) is 0 Å². The first kappa shape index (κ1) is 8.45. The summed E-state index contributed by atoms with van der Waals surface area (Å²) in [5, 5.41) is 0. The molecule has 1 saturated carbocycles. The third-order valence-corrected chi connectivity index (χ3v) is 3.39. The van der Waals surface area contributed by atoms with Gasteiger partial charge in [-0.3, -0.25) is 0 Å². The first-order chi connectivity index (χ1) is 6.83. The predicted molar refractivity (Wildman–Crippen MR) is 54.9 cm³/mol. The van der Waals surface area contributed by atoms with E-state index in [-0.39, 0.29) is 0 Å². The average molecular weight is 189 g/mol. The minimum atomic E-state index is 0.435. The summed E-state index contributed by atoms with van der Waals surface area (Å²) < 4.78 is 5.40. The second kappa shape index (κ2) is 3.07. The van der Waals surface area contributed by atoms with Crippen molar-refractivity contribution in [3.63, 3.8) is 0 Å². The second-order valence-corrected chi connectivity index (χ2v) is 4.45. The highest BCUT2D eigenvalue weighted by Gasteiger charge is 2.27. The van der Waals surface area contributed by atoms with Gasteiger partial charge in [-0.1, -0.05) is 18.2 Å². The van der Waals surface area contributed by atoms with E-state index in [1.54, 1.807) is 0 Å². The maximum Gasteiger partial charge on any atom is 0.0725 e. The molecule has 3 rings (SSSR count). The highest BCUT2D eigenvalue weighted by molar-refractivity contribution is 5.35. The molecule has 1 fully saturated rings. The number of hydrogen-bond acceptors (Lipinski definition) is 2. The lowest BCUT2D eigenvalue weighted by Gasteiger charge is -2.33. The molecule has 1 heterocycles. The zero-order valence-electron chi connectivity index (χ0n) is 8.20. The summed E-state index contributed by atoms with van der Waals surface area (Å²) in [4.78, 5) is 0. The van der Waals surface area contributed by atoms with Gasteiger partial charge < -0.3 is 10.5 Å². The van der Waals surface area contributed by atoms with E-state index in [1.807, 2.05) is 0 Å². The molecule has 2 nitrogen and oxygen atoms in total. The Balaban J connectivity index is 1.86. The summed E-state index contributed by atoms with van der Waals surface area (Å²) in [5.74, 6) is 0.705. The van der Waals surface area contributed by atoms with Gasteiger partial charge in [0.05, 0.1) is 13.2 Å². The summed E-state index contributed by atoms with van der Waals surface area (Å²) in [6, 6.07) is 7.19. The molecule has 1 aromatic carbocycles. The van der Waals surface area contributed by atoms with Crippen LogP contribution >= 0.6 is 0 Å². The number of fused-ring (bicyclic) bond motifs is 1. The zero-order valence-corrected chi connectivity index (χ0v) is 8.20. The fraction of sp³-hybridized carbons (Fsp3) is 0.500. The first-order valence-corrected chi connectivity index (χ1v) is 5.28. The second-order valence-electron chi connectivity index (χ2n) is 4.45. The fourth-order valence-electron chi connectivity index (χ4n) is 2.38. The fourth-order valence-corrected chi connectivity index (χ4v) is 2.38. The average Bonchev–Trinajstić information content (AvgIpc) is 2.59. The number of benzene rings is 1. The zero-order chi connectivity index (χ0) is 9.54. The van der Waals surface area contributed by atoms with E-state index >= 15 is 0 Å². The molecule has 0 amide bonds. The largest absolute Gasteiger partial charge is 0.372 e.